The summed E-state index contributed by atoms with van der Waals surface area (Å²) in [5.74, 6) is 0.342. The minimum Gasteiger partial charge on any atom is -0.385 e. The predicted octanol–water partition coefficient (Wildman–Crippen LogP) is 3.27. The molecule has 20 heavy (non-hydrogen) atoms. The van der Waals surface area contributed by atoms with Crippen molar-refractivity contribution < 1.29 is 4.79 Å². The Morgan fingerprint density at radius 1 is 1.30 bits per heavy atom. The Bertz CT molecular complexity index is 627. The zero-order valence-electron chi connectivity index (χ0n) is 10.8. The van der Waals surface area contributed by atoms with Gasteiger partial charge in [0.1, 0.15) is 5.82 Å². The molecule has 4 nitrogen and oxygen atoms in total. The molecule has 0 saturated heterocycles. The number of carbonyl (C=O) groups is 1. The van der Waals surface area contributed by atoms with Crippen LogP contribution in [0.1, 0.15) is 17.9 Å². The first-order valence-corrected chi connectivity index (χ1v) is 6.87. The molecule has 2 heterocycles. The first-order valence-electron chi connectivity index (χ1n) is 6.49. The van der Waals surface area contributed by atoms with E-state index in [9.17, 15) is 4.79 Å². The van der Waals surface area contributed by atoms with Gasteiger partial charge in [-0.25, -0.2) is 4.98 Å². The molecular weight excluding hydrogens is 274 g/mol. The number of nitrogens with zero attached hydrogens (tertiary/aromatic N) is 1. The monoisotopic (exact) mass is 287 g/mol. The second-order valence-electron chi connectivity index (χ2n) is 4.71. The predicted molar refractivity (Wildman–Crippen MR) is 80.2 cm³/mol. The maximum absolute atomic E-state index is 12.4. The van der Waals surface area contributed by atoms with Gasteiger partial charge in [0.15, 0.2) is 0 Å². The zero-order chi connectivity index (χ0) is 13.9. The molecule has 1 aliphatic heterocycles. The van der Waals surface area contributed by atoms with E-state index in [2.05, 4.69) is 15.6 Å². The number of hydrogen-bond acceptors (Lipinski definition) is 3. The summed E-state index contributed by atoms with van der Waals surface area (Å²) in [6, 6.07) is 11.3. The molecular formula is C15H14ClN3O. The highest BCUT2D eigenvalue weighted by atomic mass is 35.5. The summed E-state index contributed by atoms with van der Waals surface area (Å²) in [5.41, 5.74) is 2.06. The van der Waals surface area contributed by atoms with Crippen LogP contribution >= 0.6 is 11.6 Å². The Balaban J connectivity index is 1.80. The summed E-state index contributed by atoms with van der Waals surface area (Å²) < 4.78 is 0. The van der Waals surface area contributed by atoms with Crippen molar-refractivity contribution in [3.05, 3.63) is 53.2 Å². The third kappa shape index (κ3) is 2.60. The van der Waals surface area contributed by atoms with Gasteiger partial charge in [-0.2, -0.15) is 0 Å². The van der Waals surface area contributed by atoms with E-state index in [1.54, 1.807) is 12.1 Å². The van der Waals surface area contributed by atoms with Crippen molar-refractivity contribution in [1.82, 2.24) is 4.98 Å². The third-order valence-corrected chi connectivity index (χ3v) is 3.60. The van der Waals surface area contributed by atoms with Crippen LogP contribution in [-0.4, -0.2) is 17.4 Å². The van der Waals surface area contributed by atoms with E-state index < -0.39 is 0 Å². The zero-order valence-corrected chi connectivity index (χ0v) is 11.5. The van der Waals surface area contributed by atoms with Gasteiger partial charge in [-0.1, -0.05) is 29.8 Å². The standard InChI is InChI=1S/C15H14ClN3O/c16-10-5-6-14(18-9-10)19-15(20)12-7-8-17-13-4-2-1-3-11(12)13/h1-6,9,12,17H,7-8H2,(H,18,19,20). The normalized spacial score (nSPS) is 16.9. The summed E-state index contributed by atoms with van der Waals surface area (Å²) in [6.07, 6.45) is 2.30. The van der Waals surface area contributed by atoms with Crippen LogP contribution in [-0.2, 0) is 4.79 Å². The highest BCUT2D eigenvalue weighted by Crippen LogP contribution is 2.32. The van der Waals surface area contributed by atoms with Gasteiger partial charge in [0.25, 0.3) is 0 Å². The van der Waals surface area contributed by atoms with Gasteiger partial charge >= 0.3 is 0 Å². The number of fused-ring (bicyclic) bond motifs is 1. The highest BCUT2D eigenvalue weighted by Gasteiger charge is 2.26. The molecule has 2 N–H and O–H groups in total. The molecule has 1 atom stereocenters. The van der Waals surface area contributed by atoms with Crippen molar-refractivity contribution in [2.45, 2.75) is 12.3 Å². The van der Waals surface area contributed by atoms with Crippen LogP contribution < -0.4 is 10.6 Å². The Morgan fingerprint density at radius 2 is 2.15 bits per heavy atom. The maximum Gasteiger partial charge on any atom is 0.233 e. The van der Waals surface area contributed by atoms with E-state index in [1.807, 2.05) is 24.3 Å². The van der Waals surface area contributed by atoms with Crippen molar-refractivity contribution in [2.75, 3.05) is 17.2 Å². The summed E-state index contributed by atoms with van der Waals surface area (Å²) in [4.78, 5) is 16.5. The van der Waals surface area contributed by atoms with Gasteiger partial charge in [-0.05, 0) is 30.2 Å². The molecule has 5 heteroatoms. The van der Waals surface area contributed by atoms with Gasteiger partial charge in [0.2, 0.25) is 5.91 Å². The second-order valence-corrected chi connectivity index (χ2v) is 5.14. The number of anilines is 2. The maximum atomic E-state index is 12.4. The van der Waals surface area contributed by atoms with Crippen LogP contribution in [0.4, 0.5) is 11.5 Å². The third-order valence-electron chi connectivity index (χ3n) is 3.38. The van der Waals surface area contributed by atoms with Crippen LogP contribution in [0, 0.1) is 0 Å². The average molecular weight is 288 g/mol. The Hall–Kier alpha value is -2.07. The molecule has 0 radical (unpaired) electrons. The number of para-hydroxylation sites is 1. The fourth-order valence-corrected chi connectivity index (χ4v) is 2.52. The number of halogens is 1. The minimum atomic E-state index is -0.148. The van der Waals surface area contributed by atoms with Gasteiger partial charge in [0, 0.05) is 18.4 Å². The lowest BCUT2D eigenvalue weighted by Gasteiger charge is -2.25. The van der Waals surface area contributed by atoms with Crippen LogP contribution in [0.3, 0.4) is 0 Å². The van der Waals surface area contributed by atoms with E-state index in [1.165, 1.54) is 6.20 Å². The Kier molecular flexibility index (Phi) is 3.56. The Labute approximate surface area is 122 Å². The number of aromatic nitrogens is 1. The number of benzene rings is 1. The van der Waals surface area contributed by atoms with Crippen molar-refractivity contribution in [3.63, 3.8) is 0 Å². The summed E-state index contributed by atoms with van der Waals surface area (Å²) >= 11 is 5.78. The van der Waals surface area contributed by atoms with E-state index in [0.717, 1.165) is 24.2 Å². The molecule has 102 valence electrons. The largest absolute Gasteiger partial charge is 0.385 e. The van der Waals surface area contributed by atoms with Gasteiger partial charge < -0.3 is 10.6 Å². The SMILES string of the molecule is O=C(Nc1ccc(Cl)cn1)C1CCNc2ccccc21. The molecule has 0 saturated carbocycles. The van der Waals surface area contributed by atoms with E-state index >= 15 is 0 Å². The Morgan fingerprint density at radius 3 is 2.95 bits per heavy atom. The lowest BCUT2D eigenvalue weighted by atomic mass is 9.90. The van der Waals surface area contributed by atoms with Gasteiger partial charge in [-0.3, -0.25) is 4.79 Å². The molecule has 0 spiro atoms. The van der Waals surface area contributed by atoms with Gasteiger partial charge in [0.05, 0.1) is 10.9 Å². The van der Waals surface area contributed by atoms with Crippen LogP contribution in [0.5, 0.6) is 0 Å². The molecule has 1 aliphatic rings. The summed E-state index contributed by atoms with van der Waals surface area (Å²) in [7, 11) is 0. The van der Waals surface area contributed by atoms with Crippen molar-refractivity contribution in [2.24, 2.45) is 0 Å². The summed E-state index contributed by atoms with van der Waals surface area (Å²) in [6.45, 7) is 0.795. The quantitative estimate of drug-likeness (QED) is 0.891. The first kappa shape index (κ1) is 12.9. The first-order chi connectivity index (χ1) is 9.74. The molecule has 0 fully saturated rings. The van der Waals surface area contributed by atoms with Crippen LogP contribution in [0.2, 0.25) is 5.02 Å². The molecule has 1 amide bonds. The number of nitrogens with one attached hydrogen (secondary N) is 2. The van der Waals surface area contributed by atoms with E-state index in [4.69, 9.17) is 11.6 Å². The molecule has 0 bridgehead atoms. The van der Waals surface area contributed by atoms with Crippen molar-refractivity contribution in [1.29, 1.82) is 0 Å². The van der Waals surface area contributed by atoms with E-state index in [0.29, 0.717) is 10.8 Å². The molecule has 3 rings (SSSR count). The second kappa shape index (κ2) is 5.51. The smallest absolute Gasteiger partial charge is 0.233 e. The molecule has 0 aliphatic carbocycles. The number of amides is 1. The van der Waals surface area contributed by atoms with E-state index in [-0.39, 0.29) is 11.8 Å². The van der Waals surface area contributed by atoms with Crippen molar-refractivity contribution in [3.8, 4) is 0 Å². The fourth-order valence-electron chi connectivity index (χ4n) is 2.40. The molecule has 1 aromatic heterocycles. The topological polar surface area (TPSA) is 54.0 Å². The number of pyridine rings is 1. The van der Waals surface area contributed by atoms with Gasteiger partial charge in [-0.15, -0.1) is 0 Å². The lowest BCUT2D eigenvalue weighted by molar-refractivity contribution is -0.117. The summed E-state index contributed by atoms with van der Waals surface area (Å²) in [5, 5.41) is 6.70. The number of rotatable bonds is 2. The fraction of sp³-hybridized carbons (Fsp3) is 0.200. The number of carbonyl (C=O) groups excluding carboxylic acids is 1. The van der Waals surface area contributed by atoms with Crippen LogP contribution in [0.25, 0.3) is 0 Å². The molecule has 2 aromatic rings. The molecule has 1 unspecified atom stereocenters. The van der Waals surface area contributed by atoms with Crippen molar-refractivity contribution >= 4 is 29.0 Å². The highest BCUT2D eigenvalue weighted by molar-refractivity contribution is 6.30. The lowest BCUT2D eigenvalue weighted by Crippen LogP contribution is -2.27. The average Bonchev–Trinajstić information content (AvgIpc) is 2.49. The minimum absolute atomic E-state index is 0.0335. The number of hydrogen-bond donors (Lipinski definition) is 2. The van der Waals surface area contributed by atoms with Crippen LogP contribution in [0.15, 0.2) is 42.6 Å². The molecule has 1 aromatic carbocycles.